The third kappa shape index (κ3) is 4.12. The molecule has 2 aromatic heterocycles. The van der Waals surface area contributed by atoms with E-state index in [0.29, 0.717) is 5.69 Å². The Morgan fingerprint density at radius 3 is 2.62 bits per heavy atom. The van der Waals surface area contributed by atoms with E-state index in [1.807, 2.05) is 41.1 Å². The summed E-state index contributed by atoms with van der Waals surface area (Å²) in [7, 11) is 1.50. The van der Waals surface area contributed by atoms with Crippen LogP contribution in [0.15, 0.2) is 47.2 Å². The van der Waals surface area contributed by atoms with Crippen molar-refractivity contribution < 1.29 is 4.79 Å². The van der Waals surface area contributed by atoms with E-state index in [2.05, 4.69) is 27.0 Å². The molecule has 5 nitrogen and oxygen atoms in total. The number of para-hydroxylation sites is 2. The highest BCUT2D eigenvalue weighted by molar-refractivity contribution is 7.20. The molecule has 0 bridgehead atoms. The minimum Gasteiger partial charge on any atom is -0.370 e. The second-order valence-electron chi connectivity index (χ2n) is 5.68. The zero-order chi connectivity index (χ0) is 18.4. The number of hydrogen-bond donors (Lipinski definition) is 2. The van der Waals surface area contributed by atoms with Crippen LogP contribution in [0.5, 0.6) is 0 Å². The van der Waals surface area contributed by atoms with Crippen LogP contribution in [0.1, 0.15) is 23.3 Å². The zero-order valence-electron chi connectivity index (χ0n) is 14.6. The lowest BCUT2D eigenvalue weighted by molar-refractivity contribution is 0.102. The lowest BCUT2D eigenvalue weighted by atomic mass is 10.2. The van der Waals surface area contributed by atoms with E-state index < -0.39 is 0 Å². The molecule has 0 atom stereocenters. The number of aromatic nitrogens is 1. The summed E-state index contributed by atoms with van der Waals surface area (Å²) in [6.07, 6.45) is 2.41. The summed E-state index contributed by atoms with van der Waals surface area (Å²) in [4.78, 5) is 20.5. The minimum atomic E-state index is -0.152. The van der Waals surface area contributed by atoms with Gasteiger partial charge in [-0.25, -0.2) is 4.98 Å². The molecule has 1 aromatic carbocycles. The summed E-state index contributed by atoms with van der Waals surface area (Å²) in [6, 6.07) is 12.0. The Hall–Kier alpha value is -2.22. The van der Waals surface area contributed by atoms with Crippen LogP contribution in [0.3, 0.4) is 0 Å². The molecule has 26 heavy (non-hydrogen) atoms. The van der Waals surface area contributed by atoms with Crippen LogP contribution < -0.4 is 16.0 Å². The molecule has 0 unspecified atom stereocenters. The number of thiophene rings is 1. The molecule has 4 rings (SSSR count). The van der Waals surface area contributed by atoms with Crippen molar-refractivity contribution in [3.63, 3.8) is 0 Å². The number of carbonyl (C=O) groups excluding carboxylic acids is 1. The molecule has 7 heteroatoms. The van der Waals surface area contributed by atoms with Gasteiger partial charge in [0.25, 0.3) is 5.91 Å². The number of nitrogens with zero attached hydrogens (tertiary/aromatic N) is 2. The van der Waals surface area contributed by atoms with E-state index in [9.17, 15) is 4.79 Å². The summed E-state index contributed by atoms with van der Waals surface area (Å²) in [5, 5.41) is 7.76. The summed E-state index contributed by atoms with van der Waals surface area (Å²) < 4.78 is 0. The van der Waals surface area contributed by atoms with Gasteiger partial charge in [0, 0.05) is 18.5 Å². The predicted octanol–water partition coefficient (Wildman–Crippen LogP) is 4.30. The maximum absolute atomic E-state index is 12.6. The number of nitrogens with two attached hydrogens (primary N) is 1. The largest absolute Gasteiger partial charge is 0.370 e. The molecule has 3 heterocycles. The molecular formula is C19H22N4OS2. The van der Waals surface area contributed by atoms with Gasteiger partial charge in [0.05, 0.1) is 16.3 Å². The fraction of sp³-hybridized carbons (Fsp3) is 0.263. The van der Waals surface area contributed by atoms with Crippen LogP contribution in [-0.2, 0) is 0 Å². The van der Waals surface area contributed by atoms with Crippen molar-refractivity contribution in [2.75, 3.05) is 30.4 Å². The molecule has 1 fully saturated rings. The van der Waals surface area contributed by atoms with Gasteiger partial charge in [-0.05, 0) is 43.5 Å². The van der Waals surface area contributed by atoms with Crippen LogP contribution >= 0.6 is 22.7 Å². The van der Waals surface area contributed by atoms with Crippen LogP contribution in [-0.4, -0.2) is 31.0 Å². The van der Waals surface area contributed by atoms with Gasteiger partial charge in [-0.2, -0.15) is 0 Å². The number of rotatable bonds is 4. The quantitative estimate of drug-likeness (QED) is 0.701. The van der Waals surface area contributed by atoms with Gasteiger partial charge in [-0.3, -0.25) is 4.79 Å². The molecule has 0 radical (unpaired) electrons. The van der Waals surface area contributed by atoms with Crippen molar-refractivity contribution in [3.8, 4) is 9.88 Å². The number of benzene rings is 1. The number of amides is 1. The highest BCUT2D eigenvalue weighted by Crippen LogP contribution is 2.30. The first-order valence-electron chi connectivity index (χ1n) is 8.54. The number of anilines is 2. The van der Waals surface area contributed by atoms with Crippen molar-refractivity contribution in [2.45, 2.75) is 12.8 Å². The fourth-order valence-corrected chi connectivity index (χ4v) is 4.51. The molecule has 0 saturated carbocycles. The van der Waals surface area contributed by atoms with Crippen molar-refractivity contribution in [3.05, 3.63) is 52.9 Å². The standard InChI is InChI=1S/C18H17N3OS2.CH5N/c22-17(14-12-24-18(20-14)16-8-5-11-23-16)19-13-6-1-2-7-15(13)21-9-3-4-10-21;1-2/h1-2,5-8,11-12H,3-4,9-10H2,(H,19,22);2H2,1H3. The first-order valence-corrected chi connectivity index (χ1v) is 10.3. The maximum Gasteiger partial charge on any atom is 0.275 e. The normalized spacial score (nSPS) is 13.2. The third-order valence-electron chi connectivity index (χ3n) is 4.07. The summed E-state index contributed by atoms with van der Waals surface area (Å²) in [5.41, 5.74) is 6.92. The summed E-state index contributed by atoms with van der Waals surface area (Å²) in [5.74, 6) is -0.152. The maximum atomic E-state index is 12.6. The SMILES string of the molecule is CN.O=C(Nc1ccccc1N1CCCC1)c1csc(-c2cccs2)n1. The van der Waals surface area contributed by atoms with Crippen LogP contribution in [0.4, 0.5) is 11.4 Å². The Bertz CT molecular complexity index is 839. The molecular weight excluding hydrogens is 364 g/mol. The Labute approximate surface area is 161 Å². The van der Waals surface area contributed by atoms with Gasteiger partial charge in [0.15, 0.2) is 0 Å². The second kappa shape index (κ2) is 8.93. The first-order chi connectivity index (χ1) is 12.8. The molecule has 3 N–H and O–H groups in total. The third-order valence-corrected chi connectivity index (χ3v) is 5.95. The van der Waals surface area contributed by atoms with Crippen molar-refractivity contribution in [2.24, 2.45) is 5.73 Å². The number of thiazole rings is 1. The summed E-state index contributed by atoms with van der Waals surface area (Å²) >= 11 is 3.14. The van der Waals surface area contributed by atoms with Gasteiger partial charge in [-0.15, -0.1) is 22.7 Å². The molecule has 1 aliphatic heterocycles. The van der Waals surface area contributed by atoms with Crippen molar-refractivity contribution in [1.82, 2.24) is 4.98 Å². The molecule has 1 amide bonds. The van der Waals surface area contributed by atoms with Crippen molar-refractivity contribution >= 4 is 40.0 Å². The Morgan fingerprint density at radius 2 is 1.88 bits per heavy atom. The van der Waals surface area contributed by atoms with E-state index in [0.717, 1.165) is 34.3 Å². The molecule has 0 aliphatic carbocycles. The van der Waals surface area contributed by atoms with E-state index in [1.54, 1.807) is 11.3 Å². The molecule has 136 valence electrons. The molecule has 3 aromatic rings. The molecule has 0 spiro atoms. The van der Waals surface area contributed by atoms with Crippen LogP contribution in [0.2, 0.25) is 0 Å². The highest BCUT2D eigenvalue weighted by atomic mass is 32.1. The minimum absolute atomic E-state index is 0.152. The lowest BCUT2D eigenvalue weighted by Crippen LogP contribution is -2.21. The Kier molecular flexibility index (Phi) is 6.38. The second-order valence-corrected chi connectivity index (χ2v) is 7.49. The van der Waals surface area contributed by atoms with Gasteiger partial charge in [0.1, 0.15) is 10.7 Å². The van der Waals surface area contributed by atoms with Gasteiger partial charge in [0.2, 0.25) is 0 Å². The Balaban J connectivity index is 0.000000948. The predicted molar refractivity (Wildman–Crippen MR) is 111 cm³/mol. The molecule has 1 saturated heterocycles. The lowest BCUT2D eigenvalue weighted by Gasteiger charge is -2.21. The number of nitrogens with one attached hydrogen (secondary N) is 1. The summed E-state index contributed by atoms with van der Waals surface area (Å²) in [6.45, 7) is 2.10. The van der Waals surface area contributed by atoms with Gasteiger partial charge in [-0.1, -0.05) is 18.2 Å². The average molecular weight is 387 g/mol. The van der Waals surface area contributed by atoms with E-state index in [-0.39, 0.29) is 5.91 Å². The average Bonchev–Trinajstić information content (AvgIpc) is 3.45. The Morgan fingerprint density at radius 1 is 1.12 bits per heavy atom. The van der Waals surface area contributed by atoms with E-state index in [1.165, 1.54) is 31.2 Å². The van der Waals surface area contributed by atoms with Gasteiger partial charge < -0.3 is 16.0 Å². The zero-order valence-corrected chi connectivity index (χ0v) is 16.3. The molecule has 1 aliphatic rings. The highest BCUT2D eigenvalue weighted by Gasteiger charge is 2.18. The topological polar surface area (TPSA) is 71.2 Å². The first kappa shape index (κ1) is 18.6. The smallest absolute Gasteiger partial charge is 0.275 e. The van der Waals surface area contributed by atoms with Crippen LogP contribution in [0.25, 0.3) is 9.88 Å². The van der Waals surface area contributed by atoms with Crippen molar-refractivity contribution in [1.29, 1.82) is 0 Å². The van der Waals surface area contributed by atoms with E-state index >= 15 is 0 Å². The number of hydrogen-bond acceptors (Lipinski definition) is 6. The monoisotopic (exact) mass is 386 g/mol. The van der Waals surface area contributed by atoms with Crippen LogP contribution in [0, 0.1) is 0 Å². The fourth-order valence-electron chi connectivity index (χ4n) is 2.89. The van der Waals surface area contributed by atoms with Gasteiger partial charge >= 0.3 is 0 Å². The number of carbonyl (C=O) groups is 1. The van der Waals surface area contributed by atoms with E-state index in [4.69, 9.17) is 0 Å².